The molecule has 2 aromatic heterocycles. The molecule has 2 amide bonds. The second-order valence-electron chi connectivity index (χ2n) is 10.3. The highest BCUT2D eigenvalue weighted by atomic mass is 35.5. The fourth-order valence-electron chi connectivity index (χ4n) is 5.43. The van der Waals surface area contributed by atoms with E-state index in [0.717, 1.165) is 18.6 Å². The SMILES string of the molecule is NC(=O)C1CCC(n2c(Nc3c(Cl)cc(C(F)(F)F)cc3Cl)nc3cnc(NC4CCCN(C(=O)O)C4)nc32)CC1. The van der Waals surface area contributed by atoms with Gasteiger partial charge >= 0.3 is 12.3 Å². The zero-order chi connectivity index (χ0) is 29.5. The molecular formula is C25H27Cl2F3N8O3. The smallest absolute Gasteiger partial charge is 0.416 e. The van der Waals surface area contributed by atoms with Crippen LogP contribution < -0.4 is 16.4 Å². The molecule has 0 spiro atoms. The van der Waals surface area contributed by atoms with Crippen molar-refractivity contribution in [1.29, 1.82) is 0 Å². The highest BCUT2D eigenvalue weighted by molar-refractivity contribution is 6.39. The van der Waals surface area contributed by atoms with E-state index in [1.807, 2.05) is 4.57 Å². The number of likely N-dealkylation sites (tertiary alicyclic amines) is 1. The molecule has 1 aliphatic heterocycles. The van der Waals surface area contributed by atoms with Gasteiger partial charge in [0.1, 0.15) is 5.52 Å². The second kappa shape index (κ2) is 11.4. The van der Waals surface area contributed by atoms with E-state index in [1.54, 1.807) is 0 Å². The van der Waals surface area contributed by atoms with Gasteiger partial charge in [-0.05, 0) is 50.7 Å². The Morgan fingerprint density at radius 2 is 1.76 bits per heavy atom. The van der Waals surface area contributed by atoms with Crippen molar-refractivity contribution < 1.29 is 27.9 Å². The van der Waals surface area contributed by atoms with Gasteiger partial charge in [-0.15, -0.1) is 0 Å². The summed E-state index contributed by atoms with van der Waals surface area (Å²) in [5, 5.41) is 15.1. The van der Waals surface area contributed by atoms with Gasteiger partial charge in [-0.2, -0.15) is 18.2 Å². The number of halogens is 5. The number of carboxylic acid groups (broad SMARTS) is 1. The van der Waals surface area contributed by atoms with E-state index < -0.39 is 17.8 Å². The molecule has 2 aliphatic rings. The lowest BCUT2D eigenvalue weighted by molar-refractivity contribution is -0.137. The molecule has 1 atom stereocenters. The fraction of sp³-hybridized carbons (Fsp3) is 0.480. The number of nitrogens with two attached hydrogens (primary N) is 1. The van der Waals surface area contributed by atoms with Gasteiger partial charge < -0.3 is 26.4 Å². The Balaban J connectivity index is 1.51. The molecule has 1 saturated carbocycles. The summed E-state index contributed by atoms with van der Waals surface area (Å²) in [4.78, 5) is 38.2. The van der Waals surface area contributed by atoms with E-state index in [4.69, 9.17) is 28.9 Å². The predicted molar refractivity (Wildman–Crippen MR) is 147 cm³/mol. The number of carbonyl (C=O) groups excluding carboxylic acids is 1. The number of aromatic nitrogens is 4. The van der Waals surface area contributed by atoms with E-state index in [1.165, 1.54) is 11.1 Å². The van der Waals surface area contributed by atoms with Gasteiger partial charge in [0.25, 0.3) is 0 Å². The third kappa shape index (κ3) is 6.22. The van der Waals surface area contributed by atoms with Gasteiger partial charge in [0.05, 0.1) is 27.5 Å². The fourth-order valence-corrected chi connectivity index (χ4v) is 6.01. The van der Waals surface area contributed by atoms with E-state index in [-0.39, 0.29) is 58.1 Å². The number of rotatable bonds is 6. The van der Waals surface area contributed by atoms with E-state index in [0.29, 0.717) is 49.8 Å². The molecule has 2 fully saturated rings. The molecule has 1 aliphatic carbocycles. The van der Waals surface area contributed by atoms with Gasteiger partial charge in [0.15, 0.2) is 5.65 Å². The van der Waals surface area contributed by atoms with Crippen molar-refractivity contribution in [1.82, 2.24) is 24.4 Å². The zero-order valence-electron chi connectivity index (χ0n) is 21.6. The number of fused-ring (bicyclic) bond motifs is 1. The van der Waals surface area contributed by atoms with Crippen molar-refractivity contribution in [2.75, 3.05) is 23.7 Å². The summed E-state index contributed by atoms with van der Waals surface area (Å²) in [7, 11) is 0. The van der Waals surface area contributed by atoms with Crippen molar-refractivity contribution in [2.24, 2.45) is 11.7 Å². The molecule has 16 heteroatoms. The molecule has 3 heterocycles. The maximum absolute atomic E-state index is 13.3. The summed E-state index contributed by atoms with van der Waals surface area (Å²) in [5.74, 6) is -0.102. The summed E-state index contributed by atoms with van der Waals surface area (Å²) in [5.41, 5.74) is 5.43. The minimum atomic E-state index is -4.63. The van der Waals surface area contributed by atoms with Crippen LogP contribution in [0.3, 0.4) is 0 Å². The van der Waals surface area contributed by atoms with Crippen LogP contribution in [0.15, 0.2) is 18.3 Å². The lowest BCUT2D eigenvalue weighted by Crippen LogP contribution is -2.44. The highest BCUT2D eigenvalue weighted by Gasteiger charge is 2.33. The standard InChI is InChI=1S/C25H27Cl2F3N8O3/c26-16-8-13(25(28,29)30)9-17(27)19(16)35-23-34-18-10-32-22(33-14-2-1-7-37(11-14)24(40)41)36-21(18)38(23)15-5-3-12(4-6-15)20(31)39/h8-10,12,14-15H,1-7,11H2,(H2,31,39)(H,34,35)(H,40,41)(H,32,33,36). The van der Waals surface area contributed by atoms with E-state index in [9.17, 15) is 27.9 Å². The average molecular weight is 615 g/mol. The monoisotopic (exact) mass is 614 g/mol. The van der Waals surface area contributed by atoms with Crippen molar-refractivity contribution in [2.45, 2.75) is 56.8 Å². The zero-order valence-corrected chi connectivity index (χ0v) is 23.1. The lowest BCUT2D eigenvalue weighted by atomic mass is 9.85. The summed E-state index contributed by atoms with van der Waals surface area (Å²) >= 11 is 12.5. The van der Waals surface area contributed by atoms with Crippen LogP contribution in [0.25, 0.3) is 11.2 Å². The van der Waals surface area contributed by atoms with Crippen LogP contribution in [0.1, 0.15) is 50.1 Å². The first-order chi connectivity index (χ1) is 19.4. The Kier molecular flexibility index (Phi) is 8.06. The summed E-state index contributed by atoms with van der Waals surface area (Å²) in [6.45, 7) is 0.739. The van der Waals surface area contributed by atoms with Crippen LogP contribution in [0.4, 0.5) is 35.5 Å². The first kappa shape index (κ1) is 29.0. The van der Waals surface area contributed by atoms with Crippen LogP contribution in [0, 0.1) is 5.92 Å². The number of carbonyl (C=O) groups is 2. The van der Waals surface area contributed by atoms with Crippen LogP contribution in [-0.4, -0.2) is 60.7 Å². The third-order valence-electron chi connectivity index (χ3n) is 7.53. The normalized spacial score (nSPS) is 21.6. The van der Waals surface area contributed by atoms with Crippen molar-refractivity contribution in [3.05, 3.63) is 33.9 Å². The van der Waals surface area contributed by atoms with Crippen LogP contribution >= 0.6 is 23.2 Å². The topological polar surface area (TPSA) is 151 Å². The molecule has 11 nitrogen and oxygen atoms in total. The van der Waals surface area contributed by atoms with Crippen LogP contribution in [0.5, 0.6) is 0 Å². The predicted octanol–water partition coefficient (Wildman–Crippen LogP) is 5.67. The average Bonchev–Trinajstić information content (AvgIpc) is 3.27. The van der Waals surface area contributed by atoms with Crippen molar-refractivity contribution >= 4 is 64.0 Å². The molecule has 1 unspecified atom stereocenters. The molecule has 41 heavy (non-hydrogen) atoms. The quantitative estimate of drug-likeness (QED) is 0.277. The molecule has 220 valence electrons. The Morgan fingerprint density at radius 3 is 2.37 bits per heavy atom. The van der Waals surface area contributed by atoms with Gasteiger partial charge in [0.2, 0.25) is 17.8 Å². The number of amides is 2. The van der Waals surface area contributed by atoms with Gasteiger partial charge in [-0.3, -0.25) is 9.36 Å². The highest BCUT2D eigenvalue weighted by Crippen LogP contribution is 2.42. The summed E-state index contributed by atoms with van der Waals surface area (Å²) in [6.07, 6.45) is -0.444. The van der Waals surface area contributed by atoms with Gasteiger partial charge in [0, 0.05) is 31.1 Å². The van der Waals surface area contributed by atoms with Crippen molar-refractivity contribution in [3.8, 4) is 0 Å². The maximum atomic E-state index is 13.3. The number of hydrogen-bond donors (Lipinski definition) is 4. The van der Waals surface area contributed by atoms with Gasteiger partial charge in [-0.1, -0.05) is 23.2 Å². The van der Waals surface area contributed by atoms with Crippen LogP contribution in [0.2, 0.25) is 10.0 Å². The third-order valence-corrected chi connectivity index (χ3v) is 8.12. The molecule has 1 aromatic carbocycles. The number of nitrogens with one attached hydrogen (secondary N) is 2. The number of alkyl halides is 3. The molecule has 0 bridgehead atoms. The maximum Gasteiger partial charge on any atom is 0.416 e. The second-order valence-corrected chi connectivity index (χ2v) is 11.1. The number of hydrogen-bond acceptors (Lipinski definition) is 7. The Morgan fingerprint density at radius 1 is 1.07 bits per heavy atom. The molecule has 5 N–H and O–H groups in total. The molecular weight excluding hydrogens is 588 g/mol. The van der Waals surface area contributed by atoms with Gasteiger partial charge in [-0.25, -0.2) is 14.8 Å². The molecule has 0 radical (unpaired) electrons. The summed E-state index contributed by atoms with van der Waals surface area (Å²) in [6, 6.07) is 1.20. The minimum Gasteiger partial charge on any atom is -0.465 e. The van der Waals surface area contributed by atoms with E-state index in [2.05, 4.69) is 25.6 Å². The number of primary amides is 1. The largest absolute Gasteiger partial charge is 0.465 e. The Bertz CT molecular complexity index is 1450. The Hall–Kier alpha value is -3.52. The minimum absolute atomic E-state index is 0.0472. The number of nitrogens with zero attached hydrogens (tertiary/aromatic N) is 5. The lowest BCUT2D eigenvalue weighted by Gasteiger charge is -2.31. The summed E-state index contributed by atoms with van der Waals surface area (Å²) < 4.78 is 41.6. The van der Waals surface area contributed by atoms with Crippen LogP contribution in [-0.2, 0) is 11.0 Å². The number of piperidine rings is 1. The number of imidazole rings is 1. The molecule has 3 aromatic rings. The first-order valence-corrected chi connectivity index (χ1v) is 13.8. The molecule has 5 rings (SSSR count). The molecule has 1 saturated heterocycles. The number of anilines is 3. The Labute approximate surface area is 242 Å². The first-order valence-electron chi connectivity index (χ1n) is 13.0. The van der Waals surface area contributed by atoms with E-state index >= 15 is 0 Å². The van der Waals surface area contributed by atoms with Crippen molar-refractivity contribution in [3.63, 3.8) is 0 Å². The number of benzene rings is 1.